The van der Waals surface area contributed by atoms with Crippen molar-refractivity contribution in [2.24, 2.45) is 0 Å². The maximum absolute atomic E-state index is 12.7. The summed E-state index contributed by atoms with van der Waals surface area (Å²) in [6, 6.07) is 12.4. The van der Waals surface area contributed by atoms with Crippen LogP contribution in [0.4, 0.5) is 5.69 Å². The van der Waals surface area contributed by atoms with Crippen LogP contribution in [-0.4, -0.2) is 35.1 Å². The predicted molar refractivity (Wildman–Crippen MR) is 128 cm³/mol. The highest BCUT2D eigenvalue weighted by molar-refractivity contribution is 8.00. The van der Waals surface area contributed by atoms with Crippen LogP contribution in [0.25, 0.3) is 10.4 Å². The number of carbonyl (C=O) groups is 1. The van der Waals surface area contributed by atoms with E-state index in [1.807, 2.05) is 43.5 Å². The summed E-state index contributed by atoms with van der Waals surface area (Å²) in [6.45, 7) is 5.69. The van der Waals surface area contributed by atoms with Gasteiger partial charge in [-0.05, 0) is 49.0 Å². The molecule has 0 bridgehead atoms. The Bertz CT molecular complexity index is 1150. The number of hydrogen-bond acceptors (Lipinski definition) is 6. The molecule has 0 radical (unpaired) electrons. The Hall–Kier alpha value is -2.66. The summed E-state index contributed by atoms with van der Waals surface area (Å²) in [7, 11) is 2.09. The first-order valence-corrected chi connectivity index (χ1v) is 12.0. The highest BCUT2D eigenvalue weighted by atomic mass is 32.2. The van der Waals surface area contributed by atoms with E-state index in [4.69, 9.17) is 4.98 Å². The standard InChI is InChI=1S/C24H24N4OS2/c1-15-6-4-7-16(2)23(15)27-21(29)14-31-24-17(12-25)22(20-8-5-11-30-20)18-13-28(3)10-9-19(18)26-24/h4-8,11H,9-10,13-14H2,1-3H3,(H,27,29). The van der Waals surface area contributed by atoms with E-state index < -0.39 is 0 Å². The fraction of sp³-hybridized carbons (Fsp3) is 0.292. The second kappa shape index (κ2) is 9.23. The second-order valence-corrected chi connectivity index (χ2v) is 9.68. The second-order valence-electron chi connectivity index (χ2n) is 7.77. The van der Waals surface area contributed by atoms with Crippen LogP contribution < -0.4 is 5.32 Å². The largest absolute Gasteiger partial charge is 0.325 e. The number of amides is 1. The van der Waals surface area contributed by atoms with Crippen molar-refractivity contribution in [2.45, 2.75) is 31.8 Å². The molecule has 2 aromatic heterocycles. The third kappa shape index (κ3) is 4.52. The van der Waals surface area contributed by atoms with E-state index >= 15 is 0 Å². The van der Waals surface area contributed by atoms with E-state index in [0.29, 0.717) is 10.6 Å². The molecule has 7 heteroatoms. The van der Waals surface area contributed by atoms with E-state index in [1.165, 1.54) is 11.8 Å². The van der Waals surface area contributed by atoms with Gasteiger partial charge in [-0.3, -0.25) is 4.79 Å². The highest BCUT2D eigenvalue weighted by Gasteiger charge is 2.25. The number of thiophene rings is 1. The van der Waals surface area contributed by atoms with E-state index in [-0.39, 0.29) is 11.7 Å². The number of nitrogens with zero attached hydrogens (tertiary/aromatic N) is 3. The number of rotatable bonds is 5. The zero-order valence-corrected chi connectivity index (χ0v) is 19.5. The fourth-order valence-electron chi connectivity index (χ4n) is 3.89. The maximum atomic E-state index is 12.7. The lowest BCUT2D eigenvalue weighted by Gasteiger charge is -2.27. The molecule has 3 heterocycles. The molecule has 31 heavy (non-hydrogen) atoms. The molecular formula is C24H24N4OS2. The van der Waals surface area contributed by atoms with Gasteiger partial charge in [0.05, 0.1) is 11.3 Å². The minimum Gasteiger partial charge on any atom is -0.325 e. The number of likely N-dealkylation sites (N-methyl/N-ethyl adjacent to an activating group) is 1. The molecule has 0 unspecified atom stereocenters. The normalized spacial score (nSPS) is 13.5. The average Bonchev–Trinajstić information content (AvgIpc) is 3.28. The molecule has 4 rings (SSSR count). The molecule has 0 aliphatic carbocycles. The number of thioether (sulfide) groups is 1. The molecule has 0 saturated carbocycles. The van der Waals surface area contributed by atoms with Gasteiger partial charge in [-0.1, -0.05) is 36.0 Å². The van der Waals surface area contributed by atoms with E-state index in [1.54, 1.807) is 11.3 Å². The number of pyridine rings is 1. The van der Waals surface area contributed by atoms with Gasteiger partial charge in [0.25, 0.3) is 0 Å². The van der Waals surface area contributed by atoms with Crippen LogP contribution in [0.3, 0.4) is 0 Å². The Morgan fingerprint density at radius 3 is 2.74 bits per heavy atom. The molecule has 0 atom stereocenters. The number of aromatic nitrogens is 1. The number of para-hydroxylation sites is 1. The Morgan fingerprint density at radius 2 is 2.06 bits per heavy atom. The van der Waals surface area contributed by atoms with E-state index in [9.17, 15) is 10.1 Å². The molecule has 1 N–H and O–H groups in total. The highest BCUT2D eigenvalue weighted by Crippen LogP contribution is 2.39. The van der Waals surface area contributed by atoms with Crippen molar-refractivity contribution in [1.82, 2.24) is 9.88 Å². The van der Waals surface area contributed by atoms with Gasteiger partial charge in [0.15, 0.2) is 0 Å². The van der Waals surface area contributed by atoms with Gasteiger partial charge in [-0.25, -0.2) is 4.98 Å². The summed E-state index contributed by atoms with van der Waals surface area (Å²) in [4.78, 5) is 20.9. The molecule has 0 saturated heterocycles. The van der Waals surface area contributed by atoms with Crippen LogP contribution in [0, 0.1) is 25.2 Å². The number of carbonyl (C=O) groups excluding carboxylic acids is 1. The summed E-state index contributed by atoms with van der Waals surface area (Å²) in [5.41, 5.74) is 6.65. The summed E-state index contributed by atoms with van der Waals surface area (Å²) < 4.78 is 0. The van der Waals surface area contributed by atoms with Gasteiger partial charge in [-0.15, -0.1) is 11.3 Å². The van der Waals surface area contributed by atoms with Crippen molar-refractivity contribution in [3.05, 3.63) is 63.7 Å². The van der Waals surface area contributed by atoms with Crippen molar-refractivity contribution in [3.63, 3.8) is 0 Å². The summed E-state index contributed by atoms with van der Waals surface area (Å²) >= 11 is 2.97. The Kier molecular flexibility index (Phi) is 6.42. The zero-order chi connectivity index (χ0) is 22.0. The van der Waals surface area contributed by atoms with Crippen LogP contribution in [0.15, 0.2) is 40.7 Å². The molecule has 0 spiro atoms. The van der Waals surface area contributed by atoms with E-state index in [2.05, 4.69) is 29.4 Å². The van der Waals surface area contributed by atoms with Crippen LogP contribution in [0.2, 0.25) is 0 Å². The van der Waals surface area contributed by atoms with Crippen LogP contribution in [0.5, 0.6) is 0 Å². The molecular weight excluding hydrogens is 424 g/mol. The van der Waals surface area contributed by atoms with Crippen molar-refractivity contribution in [2.75, 3.05) is 24.7 Å². The molecule has 5 nitrogen and oxygen atoms in total. The Labute approximate surface area is 191 Å². The van der Waals surface area contributed by atoms with Gasteiger partial charge in [0.1, 0.15) is 11.1 Å². The van der Waals surface area contributed by atoms with Gasteiger partial charge in [-0.2, -0.15) is 5.26 Å². The number of nitrogens with one attached hydrogen (secondary N) is 1. The number of anilines is 1. The van der Waals surface area contributed by atoms with Crippen LogP contribution >= 0.6 is 23.1 Å². The molecule has 0 fully saturated rings. The maximum Gasteiger partial charge on any atom is 0.234 e. The van der Waals surface area contributed by atoms with Gasteiger partial charge >= 0.3 is 0 Å². The monoisotopic (exact) mass is 448 g/mol. The molecule has 158 valence electrons. The Balaban J connectivity index is 1.64. The van der Waals surface area contributed by atoms with Gasteiger partial charge in [0, 0.05) is 41.3 Å². The average molecular weight is 449 g/mol. The first kappa shape index (κ1) is 21.6. The number of hydrogen-bond donors (Lipinski definition) is 1. The van der Waals surface area contributed by atoms with Gasteiger partial charge in [0.2, 0.25) is 5.91 Å². The van der Waals surface area contributed by atoms with Crippen LogP contribution in [0.1, 0.15) is 27.9 Å². The quantitative estimate of drug-likeness (QED) is 0.555. The smallest absolute Gasteiger partial charge is 0.234 e. The number of aryl methyl sites for hydroxylation is 2. The third-order valence-corrected chi connectivity index (χ3v) is 7.34. The topological polar surface area (TPSA) is 69.0 Å². The fourth-order valence-corrected chi connectivity index (χ4v) is 5.50. The minimum absolute atomic E-state index is 0.0942. The molecule has 1 aliphatic rings. The molecule has 3 aromatic rings. The lowest BCUT2D eigenvalue weighted by molar-refractivity contribution is -0.113. The van der Waals surface area contributed by atoms with Crippen molar-refractivity contribution in [3.8, 4) is 16.5 Å². The summed E-state index contributed by atoms with van der Waals surface area (Å²) in [5, 5.41) is 15.7. The SMILES string of the molecule is Cc1cccc(C)c1NC(=O)CSc1nc2c(c(-c3cccs3)c1C#N)CN(C)CC2. The first-order chi connectivity index (χ1) is 15.0. The van der Waals surface area contributed by atoms with Gasteiger partial charge < -0.3 is 10.2 Å². The summed E-state index contributed by atoms with van der Waals surface area (Å²) in [6.07, 6.45) is 0.845. The molecule has 1 aromatic carbocycles. The number of fused-ring (bicyclic) bond motifs is 1. The lowest BCUT2D eigenvalue weighted by Crippen LogP contribution is -2.28. The number of benzene rings is 1. The first-order valence-electron chi connectivity index (χ1n) is 10.1. The lowest BCUT2D eigenvalue weighted by atomic mass is 9.96. The van der Waals surface area contributed by atoms with Crippen molar-refractivity contribution >= 4 is 34.7 Å². The van der Waals surface area contributed by atoms with Crippen LogP contribution in [-0.2, 0) is 17.8 Å². The summed E-state index contributed by atoms with van der Waals surface area (Å²) in [5.74, 6) is 0.112. The molecule has 1 amide bonds. The van der Waals surface area contributed by atoms with E-state index in [0.717, 1.165) is 58.0 Å². The predicted octanol–water partition coefficient (Wildman–Crippen LogP) is 5.02. The molecule has 1 aliphatic heterocycles. The minimum atomic E-state index is -0.0942. The van der Waals surface area contributed by atoms with Crippen molar-refractivity contribution < 1.29 is 4.79 Å². The number of nitriles is 1. The Morgan fingerprint density at radius 1 is 1.29 bits per heavy atom. The third-order valence-electron chi connectivity index (χ3n) is 5.47. The van der Waals surface area contributed by atoms with Crippen molar-refractivity contribution in [1.29, 1.82) is 5.26 Å². The zero-order valence-electron chi connectivity index (χ0n) is 17.9.